The second-order valence-electron chi connectivity index (χ2n) is 3.84. The van der Waals surface area contributed by atoms with E-state index in [0.29, 0.717) is 0 Å². The number of carbonyl (C=O) groups is 1. The van der Waals surface area contributed by atoms with E-state index in [0.717, 1.165) is 0 Å². The zero-order valence-corrected chi connectivity index (χ0v) is 10.8. The lowest BCUT2D eigenvalue weighted by Gasteiger charge is -2.14. The van der Waals surface area contributed by atoms with Crippen LogP contribution in [0.15, 0.2) is 12.1 Å². The summed E-state index contributed by atoms with van der Waals surface area (Å²) < 4.78 is 5.10. The Morgan fingerprint density at radius 2 is 2.17 bits per heavy atom. The molecule has 1 aromatic carbocycles. The van der Waals surface area contributed by atoms with E-state index in [1.54, 1.807) is 0 Å². The normalized spacial score (nSPS) is 19.2. The van der Waals surface area contributed by atoms with Crippen LogP contribution in [-0.4, -0.2) is 40.9 Å². The summed E-state index contributed by atoms with van der Waals surface area (Å²) in [5, 5.41) is 19.0. The van der Waals surface area contributed by atoms with E-state index in [2.05, 4.69) is 0 Å². The molecule has 2 N–H and O–H groups in total. The Morgan fingerprint density at radius 3 is 2.83 bits per heavy atom. The van der Waals surface area contributed by atoms with Crippen molar-refractivity contribution in [2.75, 3.05) is 19.7 Å². The van der Waals surface area contributed by atoms with Crippen LogP contribution in [0.2, 0.25) is 10.0 Å². The van der Waals surface area contributed by atoms with Crippen molar-refractivity contribution in [1.82, 2.24) is 4.90 Å². The zero-order valence-electron chi connectivity index (χ0n) is 9.27. The van der Waals surface area contributed by atoms with Crippen LogP contribution in [-0.2, 0) is 4.74 Å². The fourth-order valence-corrected chi connectivity index (χ4v) is 2.27. The standard InChI is InChI=1S/C11H11Cl2NO4/c12-6-1-2-7(16)9(10(6)13)8-5-14(3-4-15)11(17)18-8/h1-2,8,15-16H,3-5H2. The van der Waals surface area contributed by atoms with Crippen molar-refractivity contribution >= 4 is 29.3 Å². The topological polar surface area (TPSA) is 70.0 Å². The molecule has 2 rings (SSSR count). The second kappa shape index (κ2) is 5.22. The molecule has 1 unspecified atom stereocenters. The predicted molar refractivity (Wildman–Crippen MR) is 66.0 cm³/mol. The van der Waals surface area contributed by atoms with Crippen LogP contribution in [0.4, 0.5) is 4.79 Å². The predicted octanol–water partition coefficient (Wildman–Crippen LogP) is 2.18. The molecule has 1 amide bonds. The van der Waals surface area contributed by atoms with E-state index in [9.17, 15) is 9.90 Å². The van der Waals surface area contributed by atoms with Gasteiger partial charge in [-0.1, -0.05) is 23.2 Å². The van der Waals surface area contributed by atoms with Gasteiger partial charge in [-0.2, -0.15) is 0 Å². The molecular formula is C11H11Cl2NO4. The van der Waals surface area contributed by atoms with Crippen LogP contribution in [0.1, 0.15) is 11.7 Å². The Bertz CT molecular complexity index is 480. The summed E-state index contributed by atoms with van der Waals surface area (Å²) in [6.07, 6.45) is -1.24. The van der Waals surface area contributed by atoms with Gasteiger partial charge in [-0.15, -0.1) is 0 Å². The zero-order chi connectivity index (χ0) is 13.3. The Balaban J connectivity index is 2.29. The first-order chi connectivity index (χ1) is 8.54. The van der Waals surface area contributed by atoms with Crippen LogP contribution in [0.25, 0.3) is 0 Å². The SMILES string of the molecule is O=C1OC(c2c(O)ccc(Cl)c2Cl)CN1CCO. The Morgan fingerprint density at radius 1 is 1.44 bits per heavy atom. The molecule has 7 heteroatoms. The molecule has 0 aliphatic carbocycles. The molecule has 1 atom stereocenters. The molecule has 0 bridgehead atoms. The Hall–Kier alpha value is -1.17. The van der Waals surface area contributed by atoms with Crippen LogP contribution >= 0.6 is 23.2 Å². The van der Waals surface area contributed by atoms with Gasteiger partial charge in [0.2, 0.25) is 0 Å². The first kappa shape index (κ1) is 13.3. The number of carbonyl (C=O) groups excluding carboxylic acids is 1. The molecule has 0 saturated carbocycles. The van der Waals surface area contributed by atoms with Crippen molar-refractivity contribution in [2.45, 2.75) is 6.10 Å². The summed E-state index contributed by atoms with van der Waals surface area (Å²) in [5.74, 6) is -0.0759. The fraction of sp³-hybridized carbons (Fsp3) is 0.364. The Labute approximate surface area is 113 Å². The minimum Gasteiger partial charge on any atom is -0.507 e. The van der Waals surface area contributed by atoms with Gasteiger partial charge in [0.05, 0.1) is 28.8 Å². The van der Waals surface area contributed by atoms with E-state index >= 15 is 0 Å². The first-order valence-corrected chi connectivity index (χ1v) is 6.03. The van der Waals surface area contributed by atoms with Gasteiger partial charge >= 0.3 is 6.09 Å². The summed E-state index contributed by atoms with van der Waals surface area (Å²) in [6, 6.07) is 2.86. The monoisotopic (exact) mass is 291 g/mol. The van der Waals surface area contributed by atoms with Gasteiger partial charge in [-0.05, 0) is 12.1 Å². The third-order valence-corrected chi connectivity index (χ3v) is 3.51. The largest absolute Gasteiger partial charge is 0.507 e. The highest BCUT2D eigenvalue weighted by molar-refractivity contribution is 6.42. The Kier molecular flexibility index (Phi) is 3.85. The molecule has 1 saturated heterocycles. The van der Waals surface area contributed by atoms with Crippen LogP contribution in [0.3, 0.4) is 0 Å². The fourth-order valence-electron chi connectivity index (χ4n) is 1.82. The number of hydrogen-bond donors (Lipinski definition) is 2. The highest BCUT2D eigenvalue weighted by Crippen LogP contribution is 2.40. The number of phenolic OH excluding ortho intramolecular Hbond substituents is 1. The van der Waals surface area contributed by atoms with Gasteiger partial charge in [0, 0.05) is 6.54 Å². The molecule has 1 fully saturated rings. The summed E-state index contributed by atoms with van der Waals surface area (Å²) in [7, 11) is 0. The van der Waals surface area contributed by atoms with Gasteiger partial charge in [0.15, 0.2) is 6.10 Å². The molecule has 18 heavy (non-hydrogen) atoms. The van der Waals surface area contributed by atoms with E-state index < -0.39 is 12.2 Å². The number of benzene rings is 1. The number of aromatic hydroxyl groups is 1. The lowest BCUT2D eigenvalue weighted by Crippen LogP contribution is -2.27. The molecule has 0 spiro atoms. The number of β-amino-alcohol motifs (C(OH)–C–C–N with tert-alkyl or cyclic N) is 1. The number of nitrogens with zero attached hydrogens (tertiary/aromatic N) is 1. The molecule has 0 aromatic heterocycles. The number of phenols is 1. The molecule has 1 aliphatic rings. The summed E-state index contributed by atoms with van der Waals surface area (Å²) in [5.41, 5.74) is 0.290. The van der Waals surface area contributed by atoms with Crippen LogP contribution in [0, 0.1) is 0 Å². The van der Waals surface area contributed by atoms with Crippen molar-refractivity contribution in [3.63, 3.8) is 0 Å². The number of cyclic esters (lactones) is 1. The van der Waals surface area contributed by atoms with Crippen LogP contribution < -0.4 is 0 Å². The van der Waals surface area contributed by atoms with Crippen molar-refractivity contribution in [1.29, 1.82) is 0 Å². The maximum absolute atomic E-state index is 11.5. The number of hydrogen-bond acceptors (Lipinski definition) is 4. The lowest BCUT2D eigenvalue weighted by molar-refractivity contribution is 0.129. The van der Waals surface area contributed by atoms with Gasteiger partial charge in [0.1, 0.15) is 5.75 Å². The van der Waals surface area contributed by atoms with E-state index in [-0.39, 0.29) is 41.1 Å². The third-order valence-electron chi connectivity index (χ3n) is 2.69. The number of aliphatic hydroxyl groups is 1. The lowest BCUT2D eigenvalue weighted by atomic mass is 10.1. The number of amides is 1. The average Bonchev–Trinajstić information content (AvgIpc) is 2.67. The first-order valence-electron chi connectivity index (χ1n) is 5.28. The molecule has 1 aromatic rings. The van der Waals surface area contributed by atoms with E-state index in [1.807, 2.05) is 0 Å². The van der Waals surface area contributed by atoms with Gasteiger partial charge < -0.3 is 19.8 Å². The quantitative estimate of drug-likeness (QED) is 0.896. The third kappa shape index (κ3) is 2.34. The van der Waals surface area contributed by atoms with E-state index in [1.165, 1.54) is 17.0 Å². The molecule has 0 radical (unpaired) electrons. The van der Waals surface area contributed by atoms with Crippen LogP contribution in [0.5, 0.6) is 5.75 Å². The average molecular weight is 292 g/mol. The van der Waals surface area contributed by atoms with Gasteiger partial charge in [-0.3, -0.25) is 0 Å². The highest BCUT2D eigenvalue weighted by atomic mass is 35.5. The number of aliphatic hydroxyl groups excluding tert-OH is 1. The molecule has 5 nitrogen and oxygen atoms in total. The number of ether oxygens (including phenoxy) is 1. The van der Waals surface area contributed by atoms with Crippen molar-refractivity contribution in [2.24, 2.45) is 0 Å². The van der Waals surface area contributed by atoms with Gasteiger partial charge in [-0.25, -0.2) is 4.79 Å². The summed E-state index contributed by atoms with van der Waals surface area (Å²) in [6.45, 7) is 0.234. The number of halogens is 2. The minimum atomic E-state index is -0.685. The maximum Gasteiger partial charge on any atom is 0.410 e. The highest BCUT2D eigenvalue weighted by Gasteiger charge is 2.35. The van der Waals surface area contributed by atoms with Crippen molar-refractivity contribution in [3.8, 4) is 5.75 Å². The minimum absolute atomic E-state index is 0.0759. The molecule has 98 valence electrons. The smallest absolute Gasteiger partial charge is 0.410 e. The second-order valence-corrected chi connectivity index (χ2v) is 4.62. The van der Waals surface area contributed by atoms with Gasteiger partial charge in [0.25, 0.3) is 0 Å². The number of rotatable bonds is 3. The van der Waals surface area contributed by atoms with E-state index in [4.69, 9.17) is 33.0 Å². The summed E-state index contributed by atoms with van der Waals surface area (Å²) >= 11 is 11.9. The summed E-state index contributed by atoms with van der Waals surface area (Å²) in [4.78, 5) is 12.8. The van der Waals surface area contributed by atoms with Crippen molar-refractivity contribution < 1.29 is 19.7 Å². The molecule has 1 heterocycles. The van der Waals surface area contributed by atoms with Crippen molar-refractivity contribution in [3.05, 3.63) is 27.7 Å². The molecule has 1 aliphatic heterocycles. The maximum atomic E-state index is 11.5. The molecular weight excluding hydrogens is 281 g/mol.